The summed E-state index contributed by atoms with van der Waals surface area (Å²) in [6.45, 7) is 6.75. The van der Waals surface area contributed by atoms with Gasteiger partial charge in [-0.15, -0.1) is 0 Å². The van der Waals surface area contributed by atoms with Gasteiger partial charge >= 0.3 is 0 Å². The number of furan rings is 1. The Morgan fingerprint density at radius 1 is 0.489 bits per heavy atom. The van der Waals surface area contributed by atoms with Crippen molar-refractivity contribution in [2.24, 2.45) is 0 Å². The minimum Gasteiger partial charge on any atom is -0.456 e. The van der Waals surface area contributed by atoms with E-state index in [9.17, 15) is 0 Å². The molecule has 1 heteroatoms. The van der Waals surface area contributed by atoms with Crippen LogP contribution in [0.25, 0.3) is 87.6 Å². The Hall–Kier alpha value is -5.66. The van der Waals surface area contributed by atoms with Gasteiger partial charge in [0, 0.05) is 16.3 Å². The number of para-hydroxylation sites is 1. The van der Waals surface area contributed by atoms with Crippen molar-refractivity contribution in [2.75, 3.05) is 0 Å². The molecule has 0 aliphatic carbocycles. The molecule has 8 aromatic carbocycles. The van der Waals surface area contributed by atoms with Gasteiger partial charge in [0.1, 0.15) is 11.2 Å². The van der Waals surface area contributed by atoms with Crippen molar-refractivity contribution in [2.45, 2.75) is 26.2 Å². The third-order valence-corrected chi connectivity index (χ3v) is 9.70. The van der Waals surface area contributed by atoms with Gasteiger partial charge < -0.3 is 4.42 Å². The highest BCUT2D eigenvalue weighted by Gasteiger charge is 2.24. The minimum absolute atomic E-state index is 0.0539. The fourth-order valence-corrected chi connectivity index (χ4v) is 7.53. The molecule has 0 spiro atoms. The van der Waals surface area contributed by atoms with E-state index in [4.69, 9.17) is 5.79 Å². The molecule has 0 saturated carbocycles. The Morgan fingerprint density at radius 2 is 1.11 bits per heavy atom. The van der Waals surface area contributed by atoms with E-state index in [1.54, 1.807) is 0 Å². The fraction of sp³-hybridized carbons (Fsp3) is 0.0870. The average Bonchev–Trinajstić information content (AvgIpc) is 3.49. The monoisotopic (exact) mass is 603 g/mol. The smallest absolute Gasteiger partial charge is 0.139 e. The van der Waals surface area contributed by atoms with Gasteiger partial charge in [-0.1, -0.05) is 154 Å². The van der Waals surface area contributed by atoms with E-state index < -0.39 is 0 Å². The summed E-state index contributed by atoms with van der Waals surface area (Å²) >= 11 is 0. The predicted molar refractivity (Wildman–Crippen MR) is 201 cm³/mol. The molecule has 0 atom stereocenters. The molecule has 0 radical (unpaired) electrons. The van der Waals surface area contributed by atoms with Gasteiger partial charge in [0.25, 0.3) is 0 Å². The molecule has 1 heterocycles. The molecule has 9 rings (SSSR count). The number of hydrogen-bond acceptors (Lipinski definition) is 1. The van der Waals surface area contributed by atoms with Crippen molar-refractivity contribution in [1.29, 1.82) is 0 Å². The molecule has 0 aliphatic heterocycles. The summed E-state index contributed by atoms with van der Waals surface area (Å²) < 4.78 is 14.7. The van der Waals surface area contributed by atoms with E-state index in [2.05, 4.69) is 148 Å². The Kier molecular flexibility index (Phi) is 5.90. The minimum atomic E-state index is -0.0539. The van der Waals surface area contributed by atoms with Gasteiger partial charge in [0.2, 0.25) is 0 Å². The van der Waals surface area contributed by atoms with Gasteiger partial charge in [-0.05, 0) is 89.3 Å². The van der Waals surface area contributed by atoms with Gasteiger partial charge in [0.15, 0.2) is 0 Å². The Morgan fingerprint density at radius 3 is 1.79 bits per heavy atom. The maximum atomic E-state index is 8.08. The second kappa shape index (κ2) is 10.4. The van der Waals surface area contributed by atoms with Gasteiger partial charge in [0.05, 0.1) is 1.37 Å². The Labute approximate surface area is 276 Å². The zero-order chi connectivity index (χ0) is 32.6. The fourth-order valence-electron chi connectivity index (χ4n) is 7.53. The summed E-state index contributed by atoms with van der Waals surface area (Å²) in [6, 6.07) is 52.6. The van der Waals surface area contributed by atoms with Crippen LogP contribution >= 0.6 is 0 Å². The molecule has 0 amide bonds. The van der Waals surface area contributed by atoms with Crippen LogP contribution < -0.4 is 0 Å². The normalized spacial score (nSPS) is 12.4. The first-order chi connectivity index (χ1) is 23.3. The molecule has 0 N–H and O–H groups in total. The van der Waals surface area contributed by atoms with Gasteiger partial charge in [-0.2, -0.15) is 0 Å². The van der Waals surface area contributed by atoms with Crippen LogP contribution in [-0.2, 0) is 5.41 Å². The summed E-state index contributed by atoms with van der Waals surface area (Å²) in [4.78, 5) is 0. The first-order valence-electron chi connectivity index (χ1n) is 16.8. The Balaban J connectivity index is 1.30. The second-order valence-corrected chi connectivity index (χ2v) is 13.6. The van der Waals surface area contributed by atoms with Crippen LogP contribution in [-0.4, -0.2) is 0 Å². The van der Waals surface area contributed by atoms with Gasteiger partial charge in [-0.25, -0.2) is 0 Å². The van der Waals surface area contributed by atoms with Crippen LogP contribution in [0.15, 0.2) is 156 Å². The van der Waals surface area contributed by atoms with E-state index in [1.807, 2.05) is 18.2 Å². The molecular formula is C46H34O. The lowest BCUT2D eigenvalue weighted by Crippen LogP contribution is -2.11. The first-order valence-corrected chi connectivity index (χ1v) is 16.3. The van der Waals surface area contributed by atoms with E-state index in [0.717, 1.165) is 27.3 Å². The summed E-state index contributed by atoms with van der Waals surface area (Å²) in [5.41, 5.74) is 10.3. The zero-order valence-electron chi connectivity index (χ0n) is 27.8. The van der Waals surface area contributed by atoms with E-state index in [1.165, 1.54) is 65.9 Å². The molecule has 1 aromatic heterocycles. The van der Waals surface area contributed by atoms with E-state index >= 15 is 0 Å². The molecule has 224 valence electrons. The Bertz CT molecular complexity index is 2670. The highest BCUT2D eigenvalue weighted by molar-refractivity contribution is 6.22. The highest BCUT2D eigenvalue weighted by Crippen LogP contribution is 2.46. The molecule has 9 aromatic rings. The SMILES string of the molecule is [2H]c1ccc2cc(-c3c4ccccc4c(-c4cccc(-c5ccc(C(C)(C)C)c6oc7ccccc7c56)c4)c4ccccc34)ccc2c1. The maximum absolute atomic E-state index is 8.08. The molecule has 0 bridgehead atoms. The lowest BCUT2D eigenvalue weighted by atomic mass is 9.83. The summed E-state index contributed by atoms with van der Waals surface area (Å²) in [6.07, 6.45) is 0. The zero-order valence-corrected chi connectivity index (χ0v) is 26.8. The largest absolute Gasteiger partial charge is 0.456 e. The standard InChI is InChI=1S/C46H34O/c1-46(2,3)40-26-25-34(44-39-21-10-11-22-41(39)47-45(40)44)31-15-12-16-32(28-31)42-35-17-6-8-19-37(35)43(38-20-9-7-18-36(38)42)33-24-23-29-13-4-5-14-30(29)27-33/h4-28H,1-3H3/i4D. The summed E-state index contributed by atoms with van der Waals surface area (Å²) in [5.74, 6) is 0. The third-order valence-electron chi connectivity index (χ3n) is 9.70. The molecular weight excluding hydrogens is 569 g/mol. The maximum Gasteiger partial charge on any atom is 0.139 e. The van der Waals surface area contributed by atoms with Crippen molar-refractivity contribution in [3.63, 3.8) is 0 Å². The van der Waals surface area contributed by atoms with Crippen molar-refractivity contribution in [3.8, 4) is 33.4 Å². The molecule has 0 fully saturated rings. The number of hydrogen-bond donors (Lipinski definition) is 0. The highest BCUT2D eigenvalue weighted by atomic mass is 16.3. The topological polar surface area (TPSA) is 13.1 Å². The van der Waals surface area contributed by atoms with Crippen LogP contribution in [0, 0.1) is 0 Å². The van der Waals surface area contributed by atoms with Crippen molar-refractivity contribution in [1.82, 2.24) is 0 Å². The van der Waals surface area contributed by atoms with Crippen LogP contribution in [0.3, 0.4) is 0 Å². The van der Waals surface area contributed by atoms with Gasteiger partial charge in [-0.3, -0.25) is 0 Å². The van der Waals surface area contributed by atoms with Crippen LogP contribution in [0.4, 0.5) is 0 Å². The van der Waals surface area contributed by atoms with E-state index in [-0.39, 0.29) is 5.41 Å². The van der Waals surface area contributed by atoms with Crippen molar-refractivity contribution >= 4 is 54.3 Å². The average molecular weight is 604 g/mol. The van der Waals surface area contributed by atoms with E-state index in [0.29, 0.717) is 6.04 Å². The van der Waals surface area contributed by atoms with Crippen LogP contribution in [0.2, 0.25) is 0 Å². The molecule has 1 nitrogen and oxygen atoms in total. The number of rotatable bonds is 3. The van der Waals surface area contributed by atoms with Crippen LogP contribution in [0.5, 0.6) is 0 Å². The van der Waals surface area contributed by atoms with Crippen LogP contribution in [0.1, 0.15) is 27.7 Å². The molecule has 0 saturated heterocycles. The molecule has 0 unspecified atom stereocenters. The molecule has 0 aliphatic rings. The first kappa shape index (κ1) is 26.5. The lowest BCUT2D eigenvalue weighted by Gasteiger charge is -2.20. The predicted octanol–water partition coefficient (Wildman–Crippen LogP) is 13.3. The number of benzene rings is 8. The summed E-state index contributed by atoms with van der Waals surface area (Å²) in [7, 11) is 0. The van der Waals surface area contributed by atoms with Crippen molar-refractivity contribution in [3.05, 3.63) is 157 Å². The lowest BCUT2D eigenvalue weighted by molar-refractivity contribution is 0.573. The quantitative estimate of drug-likeness (QED) is 0.183. The van der Waals surface area contributed by atoms with Crippen molar-refractivity contribution < 1.29 is 5.79 Å². The summed E-state index contributed by atoms with van der Waals surface area (Å²) in [5, 5.41) is 9.46. The third kappa shape index (κ3) is 4.38. The second-order valence-electron chi connectivity index (χ2n) is 13.6. The number of fused-ring (bicyclic) bond motifs is 6. The molecule has 47 heavy (non-hydrogen) atoms.